The minimum Gasteiger partial charge on any atom is -0.333 e. The lowest BCUT2D eigenvalue weighted by atomic mass is 10.1. The number of sulfonamides is 1. The molecule has 1 amide bonds. The first-order chi connectivity index (χ1) is 11.0. The van der Waals surface area contributed by atoms with E-state index < -0.39 is 10.0 Å². The molecule has 0 spiro atoms. The lowest BCUT2D eigenvalue weighted by Crippen LogP contribution is -2.35. The number of carbonyl (C=O) groups is 1. The van der Waals surface area contributed by atoms with Crippen LogP contribution in [0.5, 0.6) is 0 Å². The fourth-order valence-corrected chi connectivity index (χ4v) is 3.63. The molecule has 0 atom stereocenters. The second-order valence-electron chi connectivity index (χ2n) is 5.59. The molecule has 1 aliphatic rings. The summed E-state index contributed by atoms with van der Waals surface area (Å²) in [6.45, 7) is 2.97. The van der Waals surface area contributed by atoms with Crippen molar-refractivity contribution in [2.24, 2.45) is 0 Å². The van der Waals surface area contributed by atoms with Gasteiger partial charge in [0.15, 0.2) is 0 Å². The predicted molar refractivity (Wildman–Crippen MR) is 87.6 cm³/mol. The highest BCUT2D eigenvalue weighted by Gasteiger charge is 2.26. The Morgan fingerprint density at radius 3 is 2.48 bits per heavy atom. The van der Waals surface area contributed by atoms with Crippen molar-refractivity contribution in [1.82, 2.24) is 9.62 Å². The Balaban J connectivity index is 1.60. The van der Waals surface area contributed by atoms with E-state index in [9.17, 15) is 13.2 Å². The Morgan fingerprint density at radius 2 is 1.78 bits per heavy atom. The van der Waals surface area contributed by atoms with Crippen molar-refractivity contribution in [3.05, 3.63) is 65.2 Å². The molecule has 1 N–H and O–H groups in total. The van der Waals surface area contributed by atoms with Gasteiger partial charge >= 0.3 is 0 Å². The number of aryl methyl sites for hydroxylation is 1. The van der Waals surface area contributed by atoms with Crippen molar-refractivity contribution in [2.45, 2.75) is 18.4 Å². The summed E-state index contributed by atoms with van der Waals surface area (Å²) in [5.41, 5.74) is 2.69. The van der Waals surface area contributed by atoms with E-state index in [2.05, 4.69) is 4.72 Å². The lowest BCUT2D eigenvalue weighted by Gasteiger charge is -2.16. The highest BCUT2D eigenvalue weighted by molar-refractivity contribution is 7.89. The third kappa shape index (κ3) is 3.28. The van der Waals surface area contributed by atoms with E-state index in [0.29, 0.717) is 18.7 Å². The minimum absolute atomic E-state index is 0.0462. The molecule has 5 nitrogen and oxygen atoms in total. The monoisotopic (exact) mass is 330 g/mol. The maximum atomic E-state index is 12.2. The number of hydrogen-bond donors (Lipinski definition) is 1. The summed E-state index contributed by atoms with van der Waals surface area (Å²) in [5.74, 6) is -0.0462. The van der Waals surface area contributed by atoms with E-state index in [-0.39, 0.29) is 17.3 Å². The van der Waals surface area contributed by atoms with Gasteiger partial charge in [-0.25, -0.2) is 13.1 Å². The van der Waals surface area contributed by atoms with Gasteiger partial charge in [-0.15, -0.1) is 0 Å². The zero-order valence-corrected chi connectivity index (χ0v) is 13.6. The van der Waals surface area contributed by atoms with Crippen molar-refractivity contribution in [3.63, 3.8) is 0 Å². The number of nitrogens with one attached hydrogen (secondary N) is 1. The molecule has 1 heterocycles. The molecule has 0 aliphatic carbocycles. The summed E-state index contributed by atoms with van der Waals surface area (Å²) < 4.78 is 27.0. The van der Waals surface area contributed by atoms with Crippen LogP contribution in [0.1, 0.15) is 21.5 Å². The van der Waals surface area contributed by atoms with Gasteiger partial charge in [0.25, 0.3) is 5.91 Å². The van der Waals surface area contributed by atoms with Crippen molar-refractivity contribution in [1.29, 1.82) is 0 Å². The van der Waals surface area contributed by atoms with Crippen LogP contribution in [0.2, 0.25) is 0 Å². The lowest BCUT2D eigenvalue weighted by molar-refractivity contribution is 0.0781. The van der Waals surface area contributed by atoms with Gasteiger partial charge in [-0.3, -0.25) is 4.79 Å². The number of carbonyl (C=O) groups excluding carboxylic acids is 1. The topological polar surface area (TPSA) is 66.5 Å². The third-order valence-electron chi connectivity index (χ3n) is 3.90. The Hall–Kier alpha value is -2.18. The van der Waals surface area contributed by atoms with Crippen LogP contribution in [0.3, 0.4) is 0 Å². The molecule has 120 valence electrons. The Bertz CT molecular complexity index is 829. The SMILES string of the molecule is Cc1ccc(S(=O)(=O)NCCN2Cc3ccccc3C2=O)cc1. The average molecular weight is 330 g/mol. The molecule has 2 aromatic rings. The third-order valence-corrected chi connectivity index (χ3v) is 5.38. The Labute approximate surface area is 136 Å². The van der Waals surface area contributed by atoms with Gasteiger partial charge in [0.05, 0.1) is 4.90 Å². The molecule has 23 heavy (non-hydrogen) atoms. The molecule has 0 fully saturated rings. The van der Waals surface area contributed by atoms with Crippen molar-refractivity contribution >= 4 is 15.9 Å². The number of hydrogen-bond acceptors (Lipinski definition) is 3. The molecule has 6 heteroatoms. The first-order valence-corrected chi connectivity index (χ1v) is 8.89. The van der Waals surface area contributed by atoms with Crippen molar-refractivity contribution < 1.29 is 13.2 Å². The maximum Gasteiger partial charge on any atom is 0.254 e. The summed E-state index contributed by atoms with van der Waals surface area (Å²) >= 11 is 0. The van der Waals surface area contributed by atoms with Gasteiger partial charge in [0.1, 0.15) is 0 Å². The highest BCUT2D eigenvalue weighted by Crippen LogP contribution is 2.21. The number of rotatable bonds is 5. The maximum absolute atomic E-state index is 12.2. The van der Waals surface area contributed by atoms with E-state index in [0.717, 1.165) is 11.1 Å². The fourth-order valence-electron chi connectivity index (χ4n) is 2.61. The number of nitrogens with zero attached hydrogens (tertiary/aromatic N) is 1. The van der Waals surface area contributed by atoms with Crippen LogP contribution in [0.4, 0.5) is 0 Å². The van der Waals surface area contributed by atoms with Gasteiger partial charge in [0.2, 0.25) is 10.0 Å². The van der Waals surface area contributed by atoms with Gasteiger partial charge in [-0.2, -0.15) is 0 Å². The first kappa shape index (κ1) is 15.7. The molecule has 0 bridgehead atoms. The summed E-state index contributed by atoms with van der Waals surface area (Å²) in [6.07, 6.45) is 0. The molecule has 0 saturated carbocycles. The van der Waals surface area contributed by atoms with Crippen molar-refractivity contribution in [2.75, 3.05) is 13.1 Å². The van der Waals surface area contributed by atoms with Gasteiger partial charge in [-0.1, -0.05) is 35.9 Å². The van der Waals surface area contributed by atoms with Gasteiger partial charge in [-0.05, 0) is 30.7 Å². The molecule has 2 aromatic carbocycles. The largest absolute Gasteiger partial charge is 0.333 e. The average Bonchev–Trinajstić information content (AvgIpc) is 2.84. The molecule has 0 saturated heterocycles. The smallest absolute Gasteiger partial charge is 0.254 e. The zero-order valence-electron chi connectivity index (χ0n) is 12.8. The predicted octanol–water partition coefficient (Wildman–Crippen LogP) is 1.93. The van der Waals surface area contributed by atoms with Crippen LogP contribution in [0, 0.1) is 6.92 Å². The van der Waals surface area contributed by atoms with E-state index in [1.54, 1.807) is 35.2 Å². The molecule has 1 aliphatic heterocycles. The summed E-state index contributed by atoms with van der Waals surface area (Å²) in [6, 6.07) is 14.1. The number of fused-ring (bicyclic) bond motifs is 1. The zero-order chi connectivity index (χ0) is 16.4. The molecular weight excluding hydrogens is 312 g/mol. The fraction of sp³-hybridized carbons (Fsp3) is 0.235. The van der Waals surface area contributed by atoms with Crippen molar-refractivity contribution in [3.8, 4) is 0 Å². The summed E-state index contributed by atoms with van der Waals surface area (Å²) in [5, 5.41) is 0. The molecular formula is C17H18N2O3S. The second kappa shape index (κ2) is 6.14. The Kier molecular flexibility index (Phi) is 4.19. The van der Waals surface area contributed by atoms with Crippen LogP contribution in [-0.2, 0) is 16.6 Å². The quantitative estimate of drug-likeness (QED) is 0.911. The minimum atomic E-state index is -3.54. The van der Waals surface area contributed by atoms with Gasteiger partial charge < -0.3 is 4.90 Å². The molecule has 0 radical (unpaired) electrons. The highest BCUT2D eigenvalue weighted by atomic mass is 32.2. The van der Waals surface area contributed by atoms with E-state index >= 15 is 0 Å². The van der Waals surface area contributed by atoms with E-state index in [1.807, 2.05) is 25.1 Å². The van der Waals surface area contributed by atoms with Crippen LogP contribution < -0.4 is 4.72 Å². The molecule has 3 rings (SSSR count). The molecule has 0 unspecified atom stereocenters. The number of benzene rings is 2. The van der Waals surface area contributed by atoms with Crippen LogP contribution in [-0.4, -0.2) is 32.3 Å². The summed E-state index contributed by atoms with van der Waals surface area (Å²) in [4.78, 5) is 14.1. The van der Waals surface area contributed by atoms with Crippen LogP contribution >= 0.6 is 0 Å². The van der Waals surface area contributed by atoms with E-state index in [1.165, 1.54) is 0 Å². The van der Waals surface area contributed by atoms with Crippen LogP contribution in [0.15, 0.2) is 53.4 Å². The second-order valence-corrected chi connectivity index (χ2v) is 7.36. The normalized spacial score (nSPS) is 14.1. The molecule has 0 aromatic heterocycles. The first-order valence-electron chi connectivity index (χ1n) is 7.41. The number of amides is 1. The van der Waals surface area contributed by atoms with E-state index in [4.69, 9.17) is 0 Å². The standard InChI is InChI=1S/C17H18N2O3S/c1-13-6-8-15(9-7-13)23(21,22)18-10-11-19-12-14-4-2-3-5-16(14)17(19)20/h2-9,18H,10-12H2,1H3. The Morgan fingerprint density at radius 1 is 1.09 bits per heavy atom. The van der Waals surface area contributed by atoms with Crippen LogP contribution in [0.25, 0.3) is 0 Å². The summed E-state index contributed by atoms with van der Waals surface area (Å²) in [7, 11) is -3.54. The van der Waals surface area contributed by atoms with Gasteiger partial charge in [0, 0.05) is 25.2 Å².